The minimum atomic E-state index is -3.90. The van der Waals surface area contributed by atoms with Crippen LogP contribution in [-0.2, 0) is 10.0 Å². The van der Waals surface area contributed by atoms with Gasteiger partial charge in [-0.05, 0) is 37.1 Å². The predicted molar refractivity (Wildman–Crippen MR) is 104 cm³/mol. The molecule has 1 unspecified atom stereocenters. The van der Waals surface area contributed by atoms with E-state index in [1.807, 2.05) is 0 Å². The summed E-state index contributed by atoms with van der Waals surface area (Å²) in [5, 5.41) is 14.4. The minimum absolute atomic E-state index is 0.141. The molecular weight excluding hydrogens is 401 g/mol. The summed E-state index contributed by atoms with van der Waals surface area (Å²) in [7, 11) is -3.90. The molecular formula is C19H20FN3O5S. The number of hydrogen-bond acceptors (Lipinski definition) is 6. The van der Waals surface area contributed by atoms with Gasteiger partial charge in [-0.2, -0.15) is 4.31 Å². The molecule has 4 rings (SSSR count). The molecule has 1 fully saturated rings. The molecule has 154 valence electrons. The van der Waals surface area contributed by atoms with Crippen LogP contribution in [0.25, 0.3) is 0 Å². The highest BCUT2D eigenvalue weighted by molar-refractivity contribution is 7.89. The van der Waals surface area contributed by atoms with Crippen molar-refractivity contribution in [3.63, 3.8) is 0 Å². The average molecular weight is 421 g/mol. The Balaban J connectivity index is 1.75. The first kappa shape index (κ1) is 19.6. The summed E-state index contributed by atoms with van der Waals surface area (Å²) in [6, 6.07) is 7.55. The lowest BCUT2D eigenvalue weighted by Gasteiger charge is -2.28. The molecule has 2 aliphatic heterocycles. The Morgan fingerprint density at radius 2 is 1.93 bits per heavy atom. The molecule has 0 radical (unpaired) electrons. The molecule has 1 saturated heterocycles. The standard InChI is InChI=1S/C19H20FN3O5S/c20-13-3-6-18-15(11-13)16(7-10-28-18)21-17-5-4-14(23(24)25)12-19(17)29(26,27)22-8-1-2-9-22/h3-6,11-12,16,21H,1-2,7-10H2. The molecule has 2 aliphatic rings. The molecule has 2 heterocycles. The molecule has 0 amide bonds. The van der Waals surface area contributed by atoms with Gasteiger partial charge in [-0.3, -0.25) is 10.1 Å². The van der Waals surface area contributed by atoms with E-state index in [2.05, 4.69) is 5.32 Å². The van der Waals surface area contributed by atoms with Crippen LogP contribution >= 0.6 is 0 Å². The van der Waals surface area contributed by atoms with Gasteiger partial charge in [0.2, 0.25) is 10.0 Å². The molecule has 1 N–H and O–H groups in total. The molecule has 10 heteroatoms. The number of ether oxygens (including phenoxy) is 1. The molecule has 0 aromatic heterocycles. The zero-order chi connectivity index (χ0) is 20.6. The highest BCUT2D eigenvalue weighted by Crippen LogP contribution is 2.38. The summed E-state index contributed by atoms with van der Waals surface area (Å²) in [5.41, 5.74) is 0.537. The molecule has 29 heavy (non-hydrogen) atoms. The largest absolute Gasteiger partial charge is 0.493 e. The first-order chi connectivity index (χ1) is 13.9. The van der Waals surface area contributed by atoms with E-state index in [0.29, 0.717) is 37.4 Å². The second-order valence-electron chi connectivity index (χ2n) is 7.06. The summed E-state index contributed by atoms with van der Waals surface area (Å²) in [4.78, 5) is 10.5. The van der Waals surface area contributed by atoms with Gasteiger partial charge in [-0.25, -0.2) is 12.8 Å². The first-order valence-corrected chi connectivity index (χ1v) is 10.8. The summed E-state index contributed by atoms with van der Waals surface area (Å²) in [6.45, 7) is 1.16. The van der Waals surface area contributed by atoms with Crippen molar-refractivity contribution in [2.24, 2.45) is 0 Å². The van der Waals surface area contributed by atoms with Crippen molar-refractivity contribution in [1.29, 1.82) is 0 Å². The third kappa shape index (κ3) is 3.77. The Hall–Kier alpha value is -2.72. The van der Waals surface area contributed by atoms with Crippen LogP contribution in [0.15, 0.2) is 41.3 Å². The zero-order valence-electron chi connectivity index (χ0n) is 15.5. The van der Waals surface area contributed by atoms with E-state index in [-0.39, 0.29) is 22.3 Å². The Morgan fingerprint density at radius 3 is 2.66 bits per heavy atom. The Bertz CT molecular complexity index is 1050. The van der Waals surface area contributed by atoms with Crippen molar-refractivity contribution < 1.29 is 22.5 Å². The third-order valence-corrected chi connectivity index (χ3v) is 7.14. The van der Waals surface area contributed by atoms with Crippen LogP contribution in [0.4, 0.5) is 15.8 Å². The molecule has 2 aromatic rings. The van der Waals surface area contributed by atoms with Crippen molar-refractivity contribution in [2.75, 3.05) is 25.0 Å². The van der Waals surface area contributed by atoms with Gasteiger partial charge in [-0.15, -0.1) is 0 Å². The van der Waals surface area contributed by atoms with Gasteiger partial charge in [0.05, 0.1) is 23.3 Å². The second-order valence-corrected chi connectivity index (χ2v) is 8.97. The van der Waals surface area contributed by atoms with E-state index in [1.165, 1.54) is 34.6 Å². The van der Waals surface area contributed by atoms with Crippen molar-refractivity contribution in [2.45, 2.75) is 30.2 Å². The van der Waals surface area contributed by atoms with Gasteiger partial charge in [0.25, 0.3) is 5.69 Å². The lowest BCUT2D eigenvalue weighted by Crippen LogP contribution is -2.29. The molecule has 0 spiro atoms. The molecule has 0 bridgehead atoms. The van der Waals surface area contributed by atoms with Gasteiger partial charge in [-0.1, -0.05) is 0 Å². The number of halogens is 1. The molecule has 0 saturated carbocycles. The van der Waals surface area contributed by atoms with Crippen molar-refractivity contribution in [3.8, 4) is 5.75 Å². The molecule has 0 aliphatic carbocycles. The van der Waals surface area contributed by atoms with Gasteiger partial charge >= 0.3 is 0 Å². The topological polar surface area (TPSA) is 102 Å². The normalized spacial score (nSPS) is 19.4. The van der Waals surface area contributed by atoms with E-state index in [4.69, 9.17) is 4.74 Å². The third-order valence-electron chi connectivity index (χ3n) is 5.20. The van der Waals surface area contributed by atoms with E-state index in [9.17, 15) is 22.9 Å². The van der Waals surface area contributed by atoms with Crippen molar-refractivity contribution in [3.05, 3.63) is 57.9 Å². The van der Waals surface area contributed by atoms with E-state index >= 15 is 0 Å². The molecule has 1 atom stereocenters. The molecule has 2 aromatic carbocycles. The second kappa shape index (κ2) is 7.60. The van der Waals surface area contributed by atoms with Gasteiger partial charge in [0.15, 0.2) is 0 Å². The summed E-state index contributed by atoms with van der Waals surface area (Å²) >= 11 is 0. The SMILES string of the molecule is O=[N+]([O-])c1ccc(NC2CCOc3ccc(F)cc32)c(S(=O)(=O)N2CCCC2)c1. The van der Waals surface area contributed by atoms with Crippen LogP contribution in [0, 0.1) is 15.9 Å². The number of nitro benzene ring substituents is 1. The van der Waals surface area contributed by atoms with Gasteiger partial charge in [0, 0.05) is 37.2 Å². The number of fused-ring (bicyclic) bond motifs is 1. The predicted octanol–water partition coefficient (Wildman–Crippen LogP) is 3.45. The number of rotatable bonds is 5. The van der Waals surface area contributed by atoms with Crippen LogP contribution in [0.1, 0.15) is 30.9 Å². The Kier molecular flexibility index (Phi) is 5.13. The maximum Gasteiger partial charge on any atom is 0.270 e. The quantitative estimate of drug-likeness (QED) is 0.586. The fraction of sp³-hybridized carbons (Fsp3) is 0.368. The van der Waals surface area contributed by atoms with Crippen LogP contribution in [-0.4, -0.2) is 37.3 Å². The van der Waals surface area contributed by atoms with Crippen LogP contribution < -0.4 is 10.1 Å². The highest BCUT2D eigenvalue weighted by atomic mass is 32.2. The lowest BCUT2D eigenvalue weighted by atomic mass is 10.00. The number of nitrogens with zero attached hydrogens (tertiary/aromatic N) is 2. The van der Waals surface area contributed by atoms with E-state index in [0.717, 1.165) is 18.9 Å². The van der Waals surface area contributed by atoms with Crippen molar-refractivity contribution in [1.82, 2.24) is 4.31 Å². The van der Waals surface area contributed by atoms with E-state index in [1.54, 1.807) is 0 Å². The number of nitro groups is 1. The van der Waals surface area contributed by atoms with Crippen molar-refractivity contribution >= 4 is 21.4 Å². The summed E-state index contributed by atoms with van der Waals surface area (Å²) in [5.74, 6) is 0.107. The number of nitrogens with one attached hydrogen (secondary N) is 1. The number of benzene rings is 2. The fourth-order valence-corrected chi connectivity index (χ4v) is 5.42. The summed E-state index contributed by atoms with van der Waals surface area (Å²) in [6.07, 6.45) is 2.00. The lowest BCUT2D eigenvalue weighted by molar-refractivity contribution is -0.385. The number of hydrogen-bond donors (Lipinski definition) is 1. The number of anilines is 1. The minimum Gasteiger partial charge on any atom is -0.493 e. The maximum atomic E-state index is 13.8. The van der Waals surface area contributed by atoms with Gasteiger partial charge in [0.1, 0.15) is 16.5 Å². The first-order valence-electron chi connectivity index (χ1n) is 9.33. The zero-order valence-corrected chi connectivity index (χ0v) is 16.3. The van der Waals surface area contributed by atoms with Crippen LogP contribution in [0.2, 0.25) is 0 Å². The average Bonchev–Trinajstić information content (AvgIpc) is 3.24. The summed E-state index contributed by atoms with van der Waals surface area (Å²) < 4.78 is 47.0. The van der Waals surface area contributed by atoms with E-state index < -0.39 is 20.8 Å². The van der Waals surface area contributed by atoms with Crippen LogP contribution in [0.5, 0.6) is 5.75 Å². The van der Waals surface area contributed by atoms with Gasteiger partial charge < -0.3 is 10.1 Å². The fourth-order valence-electron chi connectivity index (χ4n) is 3.73. The van der Waals surface area contributed by atoms with Crippen LogP contribution in [0.3, 0.4) is 0 Å². The number of non-ortho nitro benzene ring substituents is 1. The Labute approximate surface area is 167 Å². The highest BCUT2D eigenvalue weighted by Gasteiger charge is 2.32. The monoisotopic (exact) mass is 421 g/mol. The smallest absolute Gasteiger partial charge is 0.270 e. The maximum absolute atomic E-state index is 13.8. The molecule has 8 nitrogen and oxygen atoms in total. The Morgan fingerprint density at radius 1 is 1.17 bits per heavy atom. The number of sulfonamides is 1.